The normalized spacial score (nSPS) is 11.5. The number of rotatable bonds is 6. The minimum absolute atomic E-state index is 0.0730. The molecule has 1 aromatic heterocycles. The van der Waals surface area contributed by atoms with Crippen LogP contribution in [0.3, 0.4) is 0 Å². The average molecular weight is 419 g/mol. The lowest BCUT2D eigenvalue weighted by Gasteiger charge is -2.15. The molecule has 2 N–H and O–H groups in total. The maximum Gasteiger partial charge on any atom is 0.239 e. The van der Waals surface area contributed by atoms with E-state index in [2.05, 4.69) is 4.98 Å². The Hall–Kier alpha value is -3.22. The van der Waals surface area contributed by atoms with Gasteiger partial charge in [0, 0.05) is 28.3 Å². The van der Waals surface area contributed by atoms with Crippen LogP contribution in [0.25, 0.3) is 22.0 Å². The number of primary sulfonamides is 1. The minimum atomic E-state index is -3.96. The summed E-state index contributed by atoms with van der Waals surface area (Å²) in [5.41, 5.74) is 3.61. The van der Waals surface area contributed by atoms with Gasteiger partial charge in [-0.25, -0.2) is 13.6 Å². The van der Waals surface area contributed by atoms with Crippen LogP contribution in [0.1, 0.15) is 18.2 Å². The average Bonchev–Trinajstić information content (AvgIpc) is 2.76. The van der Waals surface area contributed by atoms with Crippen molar-refractivity contribution < 1.29 is 13.2 Å². The van der Waals surface area contributed by atoms with E-state index >= 15 is 0 Å². The molecule has 0 atom stereocenters. The Kier molecular flexibility index (Phi) is 5.53. The number of para-hydroxylation sites is 1. The molecule has 6 heteroatoms. The molecular formula is C24H22N2O3S. The number of hydrogen-bond donors (Lipinski definition) is 1. The van der Waals surface area contributed by atoms with E-state index in [1.165, 1.54) is 0 Å². The molecule has 0 spiro atoms. The Bertz CT molecular complexity index is 1300. The molecule has 1 heterocycles. The molecule has 4 rings (SSSR count). The fourth-order valence-electron chi connectivity index (χ4n) is 3.53. The number of fused-ring (bicyclic) bond motifs is 1. The number of nitrogens with two attached hydrogens (primary N) is 1. The molecule has 0 radical (unpaired) electrons. The zero-order chi connectivity index (χ0) is 21.1. The molecule has 152 valence electrons. The summed E-state index contributed by atoms with van der Waals surface area (Å²) >= 11 is 0. The van der Waals surface area contributed by atoms with Gasteiger partial charge in [-0.05, 0) is 24.1 Å². The number of hydrogen-bond acceptors (Lipinski definition) is 4. The second-order valence-electron chi connectivity index (χ2n) is 6.98. The van der Waals surface area contributed by atoms with Crippen molar-refractivity contribution in [2.75, 3.05) is 0 Å². The molecule has 0 aliphatic heterocycles. The molecule has 0 unspecified atom stereocenters. The molecule has 3 aromatic carbocycles. The number of benzene rings is 3. The molecule has 0 amide bonds. The molecule has 0 fully saturated rings. The van der Waals surface area contributed by atoms with E-state index in [1.807, 2.05) is 73.7 Å². The second-order valence-corrected chi connectivity index (χ2v) is 8.47. The second kappa shape index (κ2) is 8.26. The van der Waals surface area contributed by atoms with Gasteiger partial charge in [0.05, 0.1) is 10.4 Å². The van der Waals surface area contributed by atoms with E-state index in [-0.39, 0.29) is 11.5 Å². The van der Waals surface area contributed by atoms with Crippen LogP contribution in [0.5, 0.6) is 5.75 Å². The first-order valence-corrected chi connectivity index (χ1v) is 11.2. The van der Waals surface area contributed by atoms with Crippen molar-refractivity contribution in [2.24, 2.45) is 5.14 Å². The molecule has 0 saturated heterocycles. The van der Waals surface area contributed by atoms with Crippen molar-refractivity contribution in [3.05, 3.63) is 90.1 Å². The summed E-state index contributed by atoms with van der Waals surface area (Å²) in [5.74, 6) is 0.669. The molecule has 5 nitrogen and oxygen atoms in total. The van der Waals surface area contributed by atoms with Crippen molar-refractivity contribution in [2.45, 2.75) is 24.8 Å². The predicted octanol–water partition coefficient (Wildman–Crippen LogP) is 4.69. The van der Waals surface area contributed by atoms with Crippen LogP contribution in [0.4, 0.5) is 0 Å². The van der Waals surface area contributed by atoms with Gasteiger partial charge >= 0.3 is 0 Å². The fraction of sp³-hybridized carbons (Fsp3) is 0.125. The van der Waals surface area contributed by atoms with Crippen molar-refractivity contribution in [1.29, 1.82) is 0 Å². The zero-order valence-corrected chi connectivity index (χ0v) is 17.4. The molecule has 30 heavy (non-hydrogen) atoms. The van der Waals surface area contributed by atoms with Gasteiger partial charge < -0.3 is 4.74 Å². The molecule has 4 aromatic rings. The third-order valence-electron chi connectivity index (χ3n) is 4.94. The van der Waals surface area contributed by atoms with Crippen LogP contribution in [0, 0.1) is 0 Å². The van der Waals surface area contributed by atoms with E-state index in [0.717, 1.165) is 28.6 Å². The maximum atomic E-state index is 12.5. The van der Waals surface area contributed by atoms with Crippen molar-refractivity contribution >= 4 is 20.9 Å². The fourth-order valence-corrected chi connectivity index (χ4v) is 4.52. The highest BCUT2D eigenvalue weighted by atomic mass is 32.2. The molecule has 0 aliphatic carbocycles. The SMILES string of the molecule is CCc1cc(OCc2cccc(-c3ccccc3)c2S(N)(=O)=O)c2ccccc2n1. The topological polar surface area (TPSA) is 82.3 Å². The van der Waals surface area contributed by atoms with E-state index in [0.29, 0.717) is 16.9 Å². The monoisotopic (exact) mass is 418 g/mol. The molecule has 0 saturated carbocycles. The van der Waals surface area contributed by atoms with Gasteiger partial charge in [-0.3, -0.25) is 4.98 Å². The van der Waals surface area contributed by atoms with Crippen LogP contribution in [-0.2, 0) is 23.1 Å². The van der Waals surface area contributed by atoms with Crippen molar-refractivity contribution in [3.63, 3.8) is 0 Å². The Morgan fingerprint density at radius 2 is 1.67 bits per heavy atom. The summed E-state index contributed by atoms with van der Waals surface area (Å²) in [6.45, 7) is 2.10. The highest BCUT2D eigenvalue weighted by molar-refractivity contribution is 7.89. The summed E-state index contributed by atoms with van der Waals surface area (Å²) in [4.78, 5) is 4.71. The first-order chi connectivity index (χ1) is 14.5. The first-order valence-electron chi connectivity index (χ1n) is 9.69. The Morgan fingerprint density at radius 3 is 2.40 bits per heavy atom. The lowest BCUT2D eigenvalue weighted by atomic mass is 10.0. The Balaban J connectivity index is 1.77. The maximum absolute atomic E-state index is 12.5. The number of ether oxygens (including phenoxy) is 1. The summed E-state index contributed by atoms with van der Waals surface area (Å²) in [6.07, 6.45) is 0.771. The third-order valence-corrected chi connectivity index (χ3v) is 5.99. The van der Waals surface area contributed by atoms with E-state index in [9.17, 15) is 8.42 Å². The van der Waals surface area contributed by atoms with Crippen LogP contribution in [0.2, 0.25) is 0 Å². The number of pyridine rings is 1. The van der Waals surface area contributed by atoms with Crippen LogP contribution >= 0.6 is 0 Å². The lowest BCUT2D eigenvalue weighted by molar-refractivity contribution is 0.306. The predicted molar refractivity (Wildman–Crippen MR) is 119 cm³/mol. The van der Waals surface area contributed by atoms with Crippen LogP contribution in [0.15, 0.2) is 83.8 Å². The van der Waals surface area contributed by atoms with Gasteiger partial charge in [0.2, 0.25) is 10.0 Å². The van der Waals surface area contributed by atoms with E-state index < -0.39 is 10.0 Å². The van der Waals surface area contributed by atoms with Gasteiger partial charge in [-0.1, -0.05) is 67.6 Å². The van der Waals surface area contributed by atoms with Crippen molar-refractivity contribution in [1.82, 2.24) is 4.98 Å². The number of nitrogens with zero attached hydrogens (tertiary/aromatic N) is 1. The van der Waals surface area contributed by atoms with Gasteiger partial charge in [0.15, 0.2) is 0 Å². The van der Waals surface area contributed by atoms with E-state index in [4.69, 9.17) is 9.88 Å². The standard InChI is InChI=1S/C24H22N2O3S/c1-2-19-15-23(21-12-6-7-14-22(21)26-19)29-16-18-11-8-13-20(24(18)30(25,27)28)17-9-4-3-5-10-17/h3-15H,2,16H2,1H3,(H2,25,27,28). The largest absolute Gasteiger partial charge is 0.488 e. The summed E-state index contributed by atoms with van der Waals surface area (Å²) in [7, 11) is -3.96. The first kappa shape index (κ1) is 20.1. The van der Waals surface area contributed by atoms with Crippen LogP contribution in [-0.4, -0.2) is 13.4 Å². The van der Waals surface area contributed by atoms with Gasteiger partial charge in [-0.2, -0.15) is 0 Å². The highest BCUT2D eigenvalue weighted by Gasteiger charge is 2.20. The highest BCUT2D eigenvalue weighted by Crippen LogP contribution is 2.31. The Labute approximate surface area is 176 Å². The van der Waals surface area contributed by atoms with Gasteiger partial charge in [0.25, 0.3) is 0 Å². The zero-order valence-electron chi connectivity index (χ0n) is 16.6. The van der Waals surface area contributed by atoms with E-state index in [1.54, 1.807) is 12.1 Å². The summed E-state index contributed by atoms with van der Waals surface area (Å²) in [5, 5.41) is 6.49. The lowest BCUT2D eigenvalue weighted by Crippen LogP contribution is -2.17. The van der Waals surface area contributed by atoms with Crippen molar-refractivity contribution in [3.8, 4) is 16.9 Å². The summed E-state index contributed by atoms with van der Waals surface area (Å²) < 4.78 is 31.1. The Morgan fingerprint density at radius 1 is 0.933 bits per heavy atom. The third kappa shape index (κ3) is 4.06. The van der Waals surface area contributed by atoms with Gasteiger partial charge in [0.1, 0.15) is 12.4 Å². The summed E-state index contributed by atoms with van der Waals surface area (Å²) in [6, 6.07) is 24.3. The van der Waals surface area contributed by atoms with Crippen LogP contribution < -0.4 is 9.88 Å². The number of aromatic nitrogens is 1. The quantitative estimate of drug-likeness (QED) is 0.492. The minimum Gasteiger partial charge on any atom is -0.488 e. The van der Waals surface area contributed by atoms with Gasteiger partial charge in [-0.15, -0.1) is 0 Å². The molecule has 0 aliphatic rings. The number of aryl methyl sites for hydroxylation is 1. The molecular weight excluding hydrogens is 396 g/mol. The smallest absolute Gasteiger partial charge is 0.239 e. The number of sulfonamides is 1. The molecule has 0 bridgehead atoms.